The third-order valence-electron chi connectivity index (χ3n) is 3.76. The van der Waals surface area contributed by atoms with Crippen molar-refractivity contribution >= 4 is 17.5 Å². The topological polar surface area (TPSA) is 58.6 Å². The van der Waals surface area contributed by atoms with Crippen LogP contribution in [0.4, 0.5) is 0 Å². The van der Waals surface area contributed by atoms with Crippen LogP contribution in [0.5, 0.6) is 5.75 Å². The number of carbonyl (C=O) groups is 1. The highest BCUT2D eigenvalue weighted by Crippen LogP contribution is 2.19. The van der Waals surface area contributed by atoms with E-state index < -0.39 is 6.10 Å². The molecule has 1 amide bonds. The number of hydrogen-bond acceptors (Lipinski definition) is 3. The third kappa shape index (κ3) is 5.87. The maximum Gasteiger partial charge on any atom is 0.222 e. The van der Waals surface area contributed by atoms with Gasteiger partial charge in [0.25, 0.3) is 0 Å². The summed E-state index contributed by atoms with van der Waals surface area (Å²) in [4.78, 5) is 11.9. The number of aliphatic hydroxyl groups excluding tert-OH is 1. The summed E-state index contributed by atoms with van der Waals surface area (Å²) in [5.74, 6) is 0.676. The summed E-state index contributed by atoms with van der Waals surface area (Å²) in [6.45, 7) is 0.582. The largest absolute Gasteiger partial charge is 0.497 e. The van der Waals surface area contributed by atoms with Crippen molar-refractivity contribution in [3.8, 4) is 5.75 Å². The van der Waals surface area contributed by atoms with Gasteiger partial charge in [0.15, 0.2) is 0 Å². The number of amides is 1. The minimum absolute atomic E-state index is 0.0458. The van der Waals surface area contributed by atoms with Gasteiger partial charge in [-0.3, -0.25) is 4.79 Å². The number of hydrogen-bond donors (Lipinski definition) is 2. The van der Waals surface area contributed by atoms with Crippen molar-refractivity contribution in [2.45, 2.75) is 25.4 Å². The Hall–Kier alpha value is -2.04. The molecule has 0 bridgehead atoms. The van der Waals surface area contributed by atoms with Gasteiger partial charge in [0, 0.05) is 11.6 Å². The molecule has 2 N–H and O–H groups in total. The molecule has 0 fully saturated rings. The fraction of sp³-hybridized carbons (Fsp3) is 0.316. The zero-order chi connectivity index (χ0) is 17.4. The first-order chi connectivity index (χ1) is 11.6. The second kappa shape index (κ2) is 9.30. The van der Waals surface area contributed by atoms with E-state index in [0.717, 1.165) is 18.6 Å². The molecule has 24 heavy (non-hydrogen) atoms. The van der Waals surface area contributed by atoms with E-state index in [4.69, 9.17) is 16.3 Å². The Bertz CT molecular complexity index is 641. The number of rotatable bonds is 8. The van der Waals surface area contributed by atoms with Crippen LogP contribution in [-0.4, -0.2) is 24.7 Å². The van der Waals surface area contributed by atoms with Crippen LogP contribution >= 0.6 is 11.6 Å². The van der Waals surface area contributed by atoms with Gasteiger partial charge < -0.3 is 15.2 Å². The summed E-state index contributed by atoms with van der Waals surface area (Å²) in [5.41, 5.74) is 1.89. The fourth-order valence-electron chi connectivity index (χ4n) is 2.36. The molecule has 4 nitrogen and oxygen atoms in total. The van der Waals surface area contributed by atoms with Crippen LogP contribution in [0, 0.1) is 0 Å². The highest BCUT2D eigenvalue weighted by atomic mass is 35.5. The number of ether oxygens (including phenoxy) is 1. The average molecular weight is 348 g/mol. The van der Waals surface area contributed by atoms with E-state index in [-0.39, 0.29) is 12.3 Å². The molecule has 0 aliphatic heterocycles. The van der Waals surface area contributed by atoms with Crippen LogP contribution in [0.15, 0.2) is 48.5 Å². The molecule has 0 aromatic heterocycles. The molecule has 0 saturated heterocycles. The lowest BCUT2D eigenvalue weighted by molar-refractivity contribution is -0.123. The zero-order valence-electron chi connectivity index (χ0n) is 13.7. The second-order valence-electron chi connectivity index (χ2n) is 5.57. The van der Waals surface area contributed by atoms with E-state index in [0.29, 0.717) is 17.1 Å². The first kappa shape index (κ1) is 18.3. The average Bonchev–Trinajstić information content (AvgIpc) is 2.59. The molecule has 0 aliphatic carbocycles. The van der Waals surface area contributed by atoms with Gasteiger partial charge >= 0.3 is 0 Å². The maximum atomic E-state index is 11.9. The molecular weight excluding hydrogens is 326 g/mol. The second-order valence-corrected chi connectivity index (χ2v) is 6.01. The van der Waals surface area contributed by atoms with Gasteiger partial charge in [-0.25, -0.2) is 0 Å². The van der Waals surface area contributed by atoms with Crippen molar-refractivity contribution in [2.75, 3.05) is 13.7 Å². The smallest absolute Gasteiger partial charge is 0.222 e. The van der Waals surface area contributed by atoms with Crippen LogP contribution in [0.3, 0.4) is 0 Å². The molecule has 128 valence electrons. The lowest BCUT2D eigenvalue weighted by Gasteiger charge is -2.11. The molecule has 1 atom stereocenters. The maximum absolute atomic E-state index is 11.9. The molecule has 0 heterocycles. The van der Waals surface area contributed by atoms with Gasteiger partial charge in [0.1, 0.15) is 5.75 Å². The first-order valence-corrected chi connectivity index (χ1v) is 8.29. The van der Waals surface area contributed by atoms with Crippen molar-refractivity contribution in [3.63, 3.8) is 0 Å². The van der Waals surface area contributed by atoms with Crippen LogP contribution in [-0.2, 0) is 11.2 Å². The van der Waals surface area contributed by atoms with E-state index >= 15 is 0 Å². The van der Waals surface area contributed by atoms with E-state index in [9.17, 15) is 9.90 Å². The molecule has 1 unspecified atom stereocenters. The zero-order valence-corrected chi connectivity index (χ0v) is 14.4. The van der Waals surface area contributed by atoms with Gasteiger partial charge in [-0.15, -0.1) is 0 Å². The predicted molar refractivity (Wildman–Crippen MR) is 95.4 cm³/mol. The molecular formula is C19H22ClNO3. The van der Waals surface area contributed by atoms with Crippen LogP contribution in [0.1, 0.15) is 30.1 Å². The lowest BCUT2D eigenvalue weighted by Crippen LogP contribution is -2.26. The monoisotopic (exact) mass is 347 g/mol. The quantitative estimate of drug-likeness (QED) is 0.718. The van der Waals surface area contributed by atoms with E-state index in [1.165, 1.54) is 5.56 Å². The Morgan fingerprint density at radius 2 is 1.83 bits per heavy atom. The molecule has 0 aliphatic rings. The Balaban J connectivity index is 1.68. The number of aryl methyl sites for hydroxylation is 1. The summed E-state index contributed by atoms with van der Waals surface area (Å²) >= 11 is 5.81. The Kier molecular flexibility index (Phi) is 7.09. The van der Waals surface area contributed by atoms with Crippen LogP contribution in [0.2, 0.25) is 5.02 Å². The first-order valence-electron chi connectivity index (χ1n) is 7.91. The number of nitrogens with one attached hydrogen (secondary N) is 1. The van der Waals surface area contributed by atoms with E-state index in [1.54, 1.807) is 31.4 Å². The standard InChI is InChI=1S/C19H22ClNO3/c1-24-17-10-4-14(5-11-17)3-2-12-21-19(23)13-18(22)15-6-8-16(20)9-7-15/h4-11,18,22H,2-3,12-13H2,1H3,(H,21,23). The van der Waals surface area contributed by atoms with Crippen molar-refractivity contribution in [2.24, 2.45) is 0 Å². The third-order valence-corrected chi connectivity index (χ3v) is 4.01. The molecule has 2 rings (SSSR count). The normalized spacial score (nSPS) is 11.8. The molecule has 0 spiro atoms. The van der Waals surface area contributed by atoms with Gasteiger partial charge in [-0.2, -0.15) is 0 Å². The summed E-state index contributed by atoms with van der Waals surface area (Å²) in [5, 5.41) is 13.5. The Morgan fingerprint density at radius 3 is 2.46 bits per heavy atom. The number of carbonyl (C=O) groups excluding carboxylic acids is 1. The number of aliphatic hydroxyl groups is 1. The van der Waals surface area contributed by atoms with Gasteiger partial charge in [-0.1, -0.05) is 35.9 Å². The predicted octanol–water partition coefficient (Wildman–Crippen LogP) is 3.52. The molecule has 2 aromatic carbocycles. The van der Waals surface area contributed by atoms with Crippen LogP contribution in [0.25, 0.3) is 0 Å². The highest BCUT2D eigenvalue weighted by molar-refractivity contribution is 6.30. The molecule has 0 radical (unpaired) electrons. The Morgan fingerprint density at radius 1 is 1.17 bits per heavy atom. The van der Waals surface area contributed by atoms with Crippen molar-refractivity contribution in [1.29, 1.82) is 0 Å². The van der Waals surface area contributed by atoms with Gasteiger partial charge in [-0.05, 0) is 48.2 Å². The molecule has 5 heteroatoms. The number of methoxy groups -OCH3 is 1. The fourth-order valence-corrected chi connectivity index (χ4v) is 2.49. The number of benzene rings is 2. The highest BCUT2D eigenvalue weighted by Gasteiger charge is 2.12. The summed E-state index contributed by atoms with van der Waals surface area (Å²) in [7, 11) is 1.64. The van der Waals surface area contributed by atoms with Gasteiger partial charge in [0.2, 0.25) is 5.91 Å². The summed E-state index contributed by atoms with van der Waals surface area (Å²) < 4.78 is 5.12. The summed E-state index contributed by atoms with van der Waals surface area (Å²) in [6, 6.07) is 14.7. The minimum Gasteiger partial charge on any atom is -0.497 e. The van der Waals surface area contributed by atoms with Crippen molar-refractivity contribution < 1.29 is 14.6 Å². The minimum atomic E-state index is -0.816. The lowest BCUT2D eigenvalue weighted by atomic mass is 10.1. The number of halogens is 1. The molecule has 0 saturated carbocycles. The van der Waals surface area contributed by atoms with Crippen molar-refractivity contribution in [3.05, 3.63) is 64.7 Å². The van der Waals surface area contributed by atoms with Crippen molar-refractivity contribution in [1.82, 2.24) is 5.32 Å². The Labute approximate surface area is 147 Å². The van der Waals surface area contributed by atoms with Crippen LogP contribution < -0.4 is 10.1 Å². The summed E-state index contributed by atoms with van der Waals surface area (Å²) in [6.07, 6.45) is 0.951. The van der Waals surface area contributed by atoms with E-state index in [2.05, 4.69) is 5.32 Å². The molecule has 2 aromatic rings. The van der Waals surface area contributed by atoms with E-state index in [1.807, 2.05) is 24.3 Å². The SMILES string of the molecule is COc1ccc(CCCNC(=O)CC(O)c2ccc(Cl)cc2)cc1. The van der Waals surface area contributed by atoms with Gasteiger partial charge in [0.05, 0.1) is 19.6 Å².